The van der Waals surface area contributed by atoms with Crippen LogP contribution in [0.3, 0.4) is 0 Å². The van der Waals surface area contributed by atoms with Crippen LogP contribution in [0.25, 0.3) is 0 Å². The van der Waals surface area contributed by atoms with Gasteiger partial charge in [-0.2, -0.15) is 0 Å². The molecule has 0 aliphatic rings. The molecule has 0 aliphatic carbocycles. The molecule has 0 radical (unpaired) electrons. The monoisotopic (exact) mass is 590 g/mol. The summed E-state index contributed by atoms with van der Waals surface area (Å²) in [5, 5.41) is 0. The minimum atomic E-state index is -0.783. The number of esters is 3. The zero-order valence-electron chi connectivity index (χ0n) is 27.3. The molecular formula is C36H62O6. The average molecular weight is 591 g/mol. The maximum atomic E-state index is 12.5. The molecule has 0 atom stereocenters. The van der Waals surface area contributed by atoms with Crippen LogP contribution in [0.1, 0.15) is 156 Å². The summed E-state index contributed by atoms with van der Waals surface area (Å²) in [5.74, 6) is -0.970. The molecule has 0 unspecified atom stereocenters. The molecule has 0 bridgehead atoms. The van der Waals surface area contributed by atoms with Crippen LogP contribution in [0.5, 0.6) is 0 Å². The highest BCUT2D eigenvalue weighted by Gasteiger charge is 2.19. The van der Waals surface area contributed by atoms with E-state index in [2.05, 4.69) is 57.2 Å². The molecular weight excluding hydrogens is 528 g/mol. The first-order valence-corrected chi connectivity index (χ1v) is 17.0. The number of hydrogen-bond donors (Lipinski definition) is 0. The first kappa shape index (κ1) is 39.6. The van der Waals surface area contributed by atoms with Crippen molar-refractivity contribution >= 4 is 17.9 Å². The van der Waals surface area contributed by atoms with Crippen LogP contribution >= 0.6 is 0 Å². The third kappa shape index (κ3) is 29.1. The van der Waals surface area contributed by atoms with Crippen LogP contribution in [-0.2, 0) is 28.6 Å². The van der Waals surface area contributed by atoms with Crippen molar-refractivity contribution < 1.29 is 28.6 Å². The maximum Gasteiger partial charge on any atom is 0.306 e. The largest absolute Gasteiger partial charge is 0.462 e. The van der Waals surface area contributed by atoms with Crippen LogP contribution in [0, 0.1) is 0 Å². The van der Waals surface area contributed by atoms with Crippen molar-refractivity contribution in [3.8, 4) is 0 Å². The highest BCUT2D eigenvalue weighted by molar-refractivity contribution is 5.71. The van der Waals surface area contributed by atoms with Gasteiger partial charge in [0.15, 0.2) is 6.10 Å². The number of carbonyl (C=O) groups excluding carboxylic acids is 3. The van der Waals surface area contributed by atoms with Crippen molar-refractivity contribution in [3.05, 3.63) is 36.5 Å². The Morgan fingerprint density at radius 2 is 0.786 bits per heavy atom. The van der Waals surface area contributed by atoms with E-state index in [-0.39, 0.29) is 31.1 Å². The van der Waals surface area contributed by atoms with Gasteiger partial charge in [0.25, 0.3) is 0 Å². The SMILES string of the molecule is CCC/C=C\CCCCCC(=O)OCC(COC(=O)CCCCC/C=C\CCC)OC(=O)CCCCC/C=C\CCC. The van der Waals surface area contributed by atoms with Gasteiger partial charge in [-0.05, 0) is 77.0 Å². The Bertz CT molecular complexity index is 697. The topological polar surface area (TPSA) is 78.9 Å². The summed E-state index contributed by atoms with van der Waals surface area (Å²) in [5.41, 5.74) is 0. The van der Waals surface area contributed by atoms with Gasteiger partial charge in [-0.3, -0.25) is 14.4 Å². The molecule has 242 valence electrons. The number of ether oxygens (including phenoxy) is 3. The molecule has 0 aromatic heterocycles. The van der Waals surface area contributed by atoms with E-state index in [0.29, 0.717) is 19.3 Å². The smallest absolute Gasteiger partial charge is 0.306 e. The van der Waals surface area contributed by atoms with Gasteiger partial charge < -0.3 is 14.2 Å². The van der Waals surface area contributed by atoms with Gasteiger partial charge in [-0.1, -0.05) is 95.8 Å². The van der Waals surface area contributed by atoms with Crippen molar-refractivity contribution in [1.29, 1.82) is 0 Å². The van der Waals surface area contributed by atoms with E-state index in [4.69, 9.17) is 14.2 Å². The summed E-state index contributed by atoms with van der Waals surface area (Å²) in [6.45, 7) is 6.30. The highest BCUT2D eigenvalue weighted by Crippen LogP contribution is 2.10. The Morgan fingerprint density at radius 1 is 0.452 bits per heavy atom. The third-order valence-electron chi connectivity index (χ3n) is 6.78. The molecule has 0 heterocycles. The van der Waals surface area contributed by atoms with Crippen molar-refractivity contribution in [3.63, 3.8) is 0 Å². The molecule has 0 aromatic carbocycles. The molecule has 0 aromatic rings. The lowest BCUT2D eigenvalue weighted by Crippen LogP contribution is -2.30. The van der Waals surface area contributed by atoms with E-state index < -0.39 is 6.10 Å². The fourth-order valence-electron chi connectivity index (χ4n) is 4.21. The predicted molar refractivity (Wildman–Crippen MR) is 173 cm³/mol. The number of allylic oxidation sites excluding steroid dienone is 6. The van der Waals surface area contributed by atoms with Crippen molar-refractivity contribution in [1.82, 2.24) is 0 Å². The van der Waals surface area contributed by atoms with Crippen LogP contribution in [-0.4, -0.2) is 37.2 Å². The molecule has 0 spiro atoms. The van der Waals surface area contributed by atoms with Crippen LogP contribution in [0.4, 0.5) is 0 Å². The molecule has 0 rings (SSSR count). The standard InChI is InChI=1S/C36H62O6/c1-4-7-10-13-16-19-22-25-28-34(37)40-31-33(42-36(39)30-27-24-21-18-15-12-9-6-3)32-41-35(38)29-26-23-20-17-14-11-8-5-2/h10-15,33H,4-9,16-32H2,1-3H3/b13-10-,14-11-,15-12-. The summed E-state index contributed by atoms with van der Waals surface area (Å²) < 4.78 is 16.4. The summed E-state index contributed by atoms with van der Waals surface area (Å²) in [7, 11) is 0. The summed E-state index contributed by atoms with van der Waals surface area (Å²) in [6.07, 6.45) is 31.6. The summed E-state index contributed by atoms with van der Waals surface area (Å²) in [4.78, 5) is 37.0. The normalized spacial score (nSPS) is 11.7. The molecule has 0 saturated heterocycles. The first-order chi connectivity index (χ1) is 20.5. The average Bonchev–Trinajstić information content (AvgIpc) is 2.98. The molecule has 0 amide bonds. The van der Waals surface area contributed by atoms with E-state index in [9.17, 15) is 14.4 Å². The second-order valence-corrected chi connectivity index (χ2v) is 11.1. The van der Waals surface area contributed by atoms with Crippen molar-refractivity contribution in [2.75, 3.05) is 13.2 Å². The van der Waals surface area contributed by atoms with Crippen LogP contribution in [0.2, 0.25) is 0 Å². The van der Waals surface area contributed by atoms with Gasteiger partial charge in [0.2, 0.25) is 0 Å². The van der Waals surface area contributed by atoms with Gasteiger partial charge in [0, 0.05) is 19.3 Å². The Balaban J connectivity index is 4.45. The zero-order chi connectivity index (χ0) is 30.9. The molecule has 0 fully saturated rings. The lowest BCUT2D eigenvalue weighted by Gasteiger charge is -2.18. The number of hydrogen-bond acceptors (Lipinski definition) is 6. The number of carbonyl (C=O) groups is 3. The number of unbranched alkanes of at least 4 members (excludes halogenated alkanes) is 12. The second-order valence-electron chi connectivity index (χ2n) is 11.1. The highest BCUT2D eigenvalue weighted by atomic mass is 16.6. The summed E-state index contributed by atoms with van der Waals surface area (Å²) in [6, 6.07) is 0. The maximum absolute atomic E-state index is 12.5. The minimum Gasteiger partial charge on any atom is -0.462 e. The quantitative estimate of drug-likeness (QED) is 0.0373. The van der Waals surface area contributed by atoms with Crippen molar-refractivity contribution in [2.45, 2.75) is 162 Å². The molecule has 0 aliphatic heterocycles. The first-order valence-electron chi connectivity index (χ1n) is 17.0. The Hall–Kier alpha value is -2.37. The van der Waals surface area contributed by atoms with E-state index in [1.807, 2.05) is 0 Å². The Kier molecular flexibility index (Phi) is 29.8. The van der Waals surface area contributed by atoms with Crippen LogP contribution < -0.4 is 0 Å². The number of rotatable bonds is 29. The van der Waals surface area contributed by atoms with Gasteiger partial charge in [0.1, 0.15) is 13.2 Å². The molecule has 0 N–H and O–H groups in total. The Morgan fingerprint density at radius 3 is 1.14 bits per heavy atom. The van der Waals surface area contributed by atoms with Gasteiger partial charge in [0.05, 0.1) is 0 Å². The zero-order valence-corrected chi connectivity index (χ0v) is 27.3. The predicted octanol–water partition coefficient (Wildman–Crippen LogP) is 9.90. The lowest BCUT2D eigenvalue weighted by molar-refractivity contribution is -0.167. The molecule has 6 nitrogen and oxygen atoms in total. The van der Waals surface area contributed by atoms with Gasteiger partial charge in [-0.15, -0.1) is 0 Å². The third-order valence-corrected chi connectivity index (χ3v) is 6.78. The Labute approximate surface area is 257 Å². The molecule has 42 heavy (non-hydrogen) atoms. The second kappa shape index (κ2) is 31.6. The van der Waals surface area contributed by atoms with E-state index in [1.54, 1.807) is 0 Å². The molecule has 6 heteroatoms. The fraction of sp³-hybridized carbons (Fsp3) is 0.750. The molecule has 0 saturated carbocycles. The van der Waals surface area contributed by atoms with Crippen molar-refractivity contribution in [2.24, 2.45) is 0 Å². The van der Waals surface area contributed by atoms with Crippen LogP contribution in [0.15, 0.2) is 36.5 Å². The van der Waals surface area contributed by atoms with Gasteiger partial charge >= 0.3 is 17.9 Å². The summed E-state index contributed by atoms with van der Waals surface area (Å²) >= 11 is 0. The van der Waals surface area contributed by atoms with E-state index >= 15 is 0 Å². The van der Waals surface area contributed by atoms with Gasteiger partial charge in [-0.25, -0.2) is 0 Å². The minimum absolute atomic E-state index is 0.0933. The van der Waals surface area contributed by atoms with E-state index in [1.165, 1.54) is 0 Å². The fourth-order valence-corrected chi connectivity index (χ4v) is 4.21. The lowest BCUT2D eigenvalue weighted by atomic mass is 10.1. The van der Waals surface area contributed by atoms with E-state index in [0.717, 1.165) is 116 Å².